The average Bonchev–Trinajstić information content (AvgIpc) is 2.86. The zero-order chi connectivity index (χ0) is 21.3. The predicted molar refractivity (Wildman–Crippen MR) is 117 cm³/mol. The first kappa shape index (κ1) is 20.2. The fourth-order valence-corrected chi connectivity index (χ4v) is 4.85. The molecule has 1 aliphatic heterocycles. The number of anilines is 1. The lowest BCUT2D eigenvalue weighted by Gasteiger charge is -2.20. The van der Waals surface area contributed by atoms with Gasteiger partial charge in [0.15, 0.2) is 9.79 Å². The van der Waals surface area contributed by atoms with Crippen LogP contribution in [-0.4, -0.2) is 22.9 Å². The molecule has 2 amide bonds. The van der Waals surface area contributed by atoms with Crippen LogP contribution in [0.3, 0.4) is 0 Å². The fraction of sp³-hybridized carbons (Fsp3) is 0.167. The van der Waals surface area contributed by atoms with Crippen LogP contribution in [0.25, 0.3) is 0 Å². The minimum Gasteiger partial charge on any atom is -0.606 e. The number of nitrogens with zero attached hydrogens (tertiary/aromatic N) is 1. The van der Waals surface area contributed by atoms with Gasteiger partial charge in [-0.15, -0.1) is 0 Å². The van der Waals surface area contributed by atoms with Gasteiger partial charge in [-0.05, 0) is 49.7 Å². The van der Waals surface area contributed by atoms with Gasteiger partial charge in [0.2, 0.25) is 0 Å². The standard InChI is InChI=1S/C24H22N2O3S/c1-3-26-20-14-18(23(27)25-15-17-10-8-16(2)9-11-17)12-13-22(20)30(29)21-7-5-4-6-19(21)24(26)28/h4-14H,3,15H2,1-2H3,(H,25,27). The highest BCUT2D eigenvalue weighted by Gasteiger charge is 2.35. The summed E-state index contributed by atoms with van der Waals surface area (Å²) >= 11 is -1.50. The SMILES string of the molecule is CCN1C(=O)c2ccccc2[S+]([O-])c2ccc(C(=O)NCc3ccc(C)cc3)cc21. The largest absolute Gasteiger partial charge is 0.606 e. The number of nitrogens with one attached hydrogen (secondary N) is 1. The number of carbonyl (C=O) groups is 2. The van der Waals surface area contributed by atoms with Crippen LogP contribution in [-0.2, 0) is 17.7 Å². The first-order chi connectivity index (χ1) is 14.5. The van der Waals surface area contributed by atoms with Gasteiger partial charge in [0.25, 0.3) is 11.8 Å². The van der Waals surface area contributed by atoms with Gasteiger partial charge in [-0.2, -0.15) is 0 Å². The van der Waals surface area contributed by atoms with E-state index in [-0.39, 0.29) is 11.8 Å². The Balaban J connectivity index is 1.65. The zero-order valence-corrected chi connectivity index (χ0v) is 17.7. The van der Waals surface area contributed by atoms with Crippen molar-refractivity contribution in [3.63, 3.8) is 0 Å². The summed E-state index contributed by atoms with van der Waals surface area (Å²) in [4.78, 5) is 28.4. The van der Waals surface area contributed by atoms with Crippen LogP contribution in [0, 0.1) is 6.92 Å². The molecular formula is C24H22N2O3S. The molecule has 0 aromatic heterocycles. The molecule has 3 aromatic rings. The topological polar surface area (TPSA) is 72.5 Å². The van der Waals surface area contributed by atoms with Gasteiger partial charge in [-0.3, -0.25) is 9.59 Å². The third kappa shape index (κ3) is 3.72. The number of hydrogen-bond acceptors (Lipinski definition) is 3. The highest BCUT2D eigenvalue weighted by Crippen LogP contribution is 2.37. The molecule has 6 heteroatoms. The molecule has 5 nitrogen and oxygen atoms in total. The van der Waals surface area contributed by atoms with Crippen LogP contribution < -0.4 is 10.2 Å². The van der Waals surface area contributed by atoms with Crippen molar-refractivity contribution < 1.29 is 14.1 Å². The number of hydrogen-bond donors (Lipinski definition) is 1. The van der Waals surface area contributed by atoms with Gasteiger partial charge in [-0.1, -0.05) is 42.0 Å². The summed E-state index contributed by atoms with van der Waals surface area (Å²) in [5.41, 5.74) is 3.54. The van der Waals surface area contributed by atoms with Crippen molar-refractivity contribution in [2.24, 2.45) is 0 Å². The van der Waals surface area contributed by atoms with Crippen molar-refractivity contribution >= 4 is 28.7 Å². The molecule has 0 aliphatic carbocycles. The summed E-state index contributed by atoms with van der Waals surface area (Å²) < 4.78 is 13.2. The number of amides is 2. The maximum absolute atomic E-state index is 13.2. The Bertz CT molecular complexity index is 1110. The molecule has 0 spiro atoms. The predicted octanol–water partition coefficient (Wildman–Crippen LogP) is 4.07. The first-order valence-electron chi connectivity index (χ1n) is 9.80. The average molecular weight is 419 g/mol. The maximum atomic E-state index is 13.2. The second kappa shape index (κ2) is 8.34. The van der Waals surface area contributed by atoms with Crippen LogP contribution in [0.15, 0.2) is 76.5 Å². The molecule has 4 rings (SSSR count). The lowest BCUT2D eigenvalue weighted by atomic mass is 10.1. The van der Waals surface area contributed by atoms with Crippen LogP contribution in [0.1, 0.15) is 38.8 Å². The monoisotopic (exact) mass is 418 g/mol. The van der Waals surface area contributed by atoms with E-state index in [1.54, 1.807) is 47.4 Å². The summed E-state index contributed by atoms with van der Waals surface area (Å²) in [6, 6.07) is 19.9. The first-order valence-corrected chi connectivity index (χ1v) is 10.9. The number of aryl methyl sites for hydroxylation is 1. The van der Waals surface area contributed by atoms with E-state index >= 15 is 0 Å². The number of rotatable bonds is 4. The van der Waals surface area contributed by atoms with E-state index in [0.717, 1.165) is 11.1 Å². The minimum atomic E-state index is -1.50. The lowest BCUT2D eigenvalue weighted by molar-refractivity contribution is 0.0947. The number of benzene rings is 3. The summed E-state index contributed by atoms with van der Waals surface area (Å²) in [7, 11) is 0. The van der Waals surface area contributed by atoms with Crippen LogP contribution in [0.2, 0.25) is 0 Å². The van der Waals surface area contributed by atoms with Gasteiger partial charge >= 0.3 is 0 Å². The normalized spacial score (nSPS) is 15.2. The molecule has 1 N–H and O–H groups in total. The van der Waals surface area contributed by atoms with E-state index in [1.165, 1.54) is 0 Å². The molecule has 1 atom stereocenters. The Labute approximate surface area is 178 Å². The summed E-state index contributed by atoms with van der Waals surface area (Å²) in [6.07, 6.45) is 0. The van der Waals surface area contributed by atoms with Crippen molar-refractivity contribution in [2.45, 2.75) is 30.2 Å². The lowest BCUT2D eigenvalue weighted by Crippen LogP contribution is -2.31. The molecule has 3 aromatic carbocycles. The third-order valence-corrected chi connectivity index (χ3v) is 6.66. The Kier molecular flexibility index (Phi) is 5.61. The summed E-state index contributed by atoms with van der Waals surface area (Å²) in [5.74, 6) is -0.452. The molecule has 1 unspecified atom stereocenters. The Hall–Kier alpha value is -3.09. The van der Waals surface area contributed by atoms with E-state index in [0.29, 0.717) is 39.7 Å². The van der Waals surface area contributed by atoms with E-state index in [2.05, 4.69) is 5.32 Å². The smallest absolute Gasteiger partial charge is 0.263 e. The highest BCUT2D eigenvalue weighted by molar-refractivity contribution is 7.91. The molecule has 30 heavy (non-hydrogen) atoms. The Morgan fingerprint density at radius 1 is 1.03 bits per heavy atom. The number of carbonyl (C=O) groups excluding carboxylic acids is 2. The maximum Gasteiger partial charge on any atom is 0.263 e. The number of fused-ring (bicyclic) bond motifs is 2. The summed E-state index contributed by atoms with van der Waals surface area (Å²) in [5, 5.41) is 2.91. The van der Waals surface area contributed by atoms with Gasteiger partial charge in [0.05, 0.1) is 5.56 Å². The molecule has 0 saturated heterocycles. The van der Waals surface area contributed by atoms with Crippen molar-refractivity contribution in [2.75, 3.05) is 11.4 Å². The molecule has 0 bridgehead atoms. The van der Waals surface area contributed by atoms with Crippen LogP contribution in [0.5, 0.6) is 0 Å². The van der Waals surface area contributed by atoms with Crippen LogP contribution >= 0.6 is 0 Å². The third-order valence-electron chi connectivity index (χ3n) is 5.16. The second-order valence-electron chi connectivity index (χ2n) is 7.17. The van der Waals surface area contributed by atoms with E-state index < -0.39 is 11.2 Å². The highest BCUT2D eigenvalue weighted by atomic mass is 32.2. The molecule has 0 saturated carbocycles. The quantitative estimate of drug-likeness (QED) is 0.649. The van der Waals surface area contributed by atoms with E-state index in [1.807, 2.05) is 38.1 Å². The Morgan fingerprint density at radius 2 is 1.77 bits per heavy atom. The van der Waals surface area contributed by atoms with Gasteiger partial charge in [-0.25, -0.2) is 0 Å². The van der Waals surface area contributed by atoms with E-state index in [9.17, 15) is 14.1 Å². The molecular weight excluding hydrogens is 396 g/mol. The molecule has 1 aliphatic rings. The molecule has 1 heterocycles. The summed E-state index contributed by atoms with van der Waals surface area (Å²) in [6.45, 7) is 4.69. The van der Waals surface area contributed by atoms with Crippen molar-refractivity contribution in [3.8, 4) is 0 Å². The van der Waals surface area contributed by atoms with Crippen molar-refractivity contribution in [1.82, 2.24) is 5.32 Å². The molecule has 0 radical (unpaired) electrons. The van der Waals surface area contributed by atoms with Gasteiger partial charge < -0.3 is 14.8 Å². The van der Waals surface area contributed by atoms with Gasteiger partial charge in [0, 0.05) is 29.8 Å². The second-order valence-corrected chi connectivity index (χ2v) is 8.58. The van der Waals surface area contributed by atoms with Crippen LogP contribution in [0.4, 0.5) is 5.69 Å². The van der Waals surface area contributed by atoms with E-state index in [4.69, 9.17) is 0 Å². The fourth-order valence-electron chi connectivity index (χ4n) is 3.51. The van der Waals surface area contributed by atoms with Crippen molar-refractivity contribution in [1.29, 1.82) is 0 Å². The van der Waals surface area contributed by atoms with Gasteiger partial charge in [0.1, 0.15) is 5.69 Å². The minimum absolute atomic E-state index is 0.211. The Morgan fingerprint density at radius 3 is 2.50 bits per heavy atom. The molecule has 152 valence electrons. The zero-order valence-electron chi connectivity index (χ0n) is 16.8. The molecule has 0 fully saturated rings. The van der Waals surface area contributed by atoms with Crippen molar-refractivity contribution in [3.05, 3.63) is 89.0 Å².